The van der Waals surface area contributed by atoms with Crippen molar-refractivity contribution in [3.05, 3.63) is 83.9 Å². The van der Waals surface area contributed by atoms with Crippen LogP contribution in [0.15, 0.2) is 78.4 Å². The van der Waals surface area contributed by atoms with Crippen molar-refractivity contribution >= 4 is 29.3 Å². The fourth-order valence-electron chi connectivity index (χ4n) is 4.23. The summed E-state index contributed by atoms with van der Waals surface area (Å²) in [7, 11) is 4.67. The molecule has 7 heteroatoms. The average molecular weight is 473 g/mol. The monoisotopic (exact) mass is 472 g/mol. The van der Waals surface area contributed by atoms with E-state index < -0.39 is 6.04 Å². The molecule has 0 spiro atoms. The number of benzene rings is 3. The first-order valence-electron chi connectivity index (χ1n) is 11.2. The van der Waals surface area contributed by atoms with Crippen LogP contribution in [0, 0.1) is 0 Å². The lowest BCUT2D eigenvalue weighted by Crippen LogP contribution is -2.61. The molecule has 1 saturated heterocycles. The normalized spacial score (nSPS) is 16.3. The Kier molecular flexibility index (Phi) is 7.06. The largest absolute Gasteiger partial charge is 0.497 e. The summed E-state index contributed by atoms with van der Waals surface area (Å²) in [6, 6.07) is 21.2. The Labute approximate surface area is 205 Å². The molecule has 0 aliphatic carbocycles. The average Bonchev–Trinajstić information content (AvgIpc) is 2.89. The predicted molar refractivity (Wildman–Crippen MR) is 136 cm³/mol. The summed E-state index contributed by atoms with van der Waals surface area (Å²) in [5.41, 5.74) is 2.82. The van der Waals surface area contributed by atoms with Gasteiger partial charge < -0.3 is 14.2 Å². The van der Waals surface area contributed by atoms with E-state index >= 15 is 0 Å². The first kappa shape index (κ1) is 23.9. The standard InChI is InChI=1S/C28H28N2O5/c1-19(16-20-8-6-5-7-9-20)27-28(32)29(24-15-14-23(34-3)17-25(24)35-4)18-26(31)30(27)21-10-12-22(33-2)13-11-21/h5-17,27H,18H2,1-4H3/b19-16+. The number of methoxy groups -OCH3 is 3. The van der Waals surface area contributed by atoms with E-state index in [9.17, 15) is 9.59 Å². The van der Waals surface area contributed by atoms with Crippen molar-refractivity contribution in [1.29, 1.82) is 0 Å². The molecule has 4 rings (SSSR count). The van der Waals surface area contributed by atoms with Crippen molar-refractivity contribution < 1.29 is 23.8 Å². The van der Waals surface area contributed by atoms with E-state index in [0.29, 0.717) is 28.6 Å². The molecule has 0 N–H and O–H groups in total. The quantitative estimate of drug-likeness (QED) is 0.504. The van der Waals surface area contributed by atoms with Crippen LogP contribution in [-0.2, 0) is 9.59 Å². The Bertz CT molecular complexity index is 1240. The third-order valence-electron chi connectivity index (χ3n) is 5.97. The summed E-state index contributed by atoms with van der Waals surface area (Å²) in [4.78, 5) is 30.6. The van der Waals surface area contributed by atoms with Gasteiger partial charge in [0.2, 0.25) is 5.91 Å². The lowest BCUT2D eigenvalue weighted by molar-refractivity contribution is -0.127. The van der Waals surface area contributed by atoms with Crippen molar-refractivity contribution in [2.75, 3.05) is 37.7 Å². The Hall–Kier alpha value is -4.26. The van der Waals surface area contributed by atoms with Gasteiger partial charge in [0, 0.05) is 11.8 Å². The van der Waals surface area contributed by atoms with Crippen LogP contribution in [0.5, 0.6) is 17.2 Å². The van der Waals surface area contributed by atoms with Gasteiger partial charge in [-0.15, -0.1) is 0 Å². The minimum atomic E-state index is -0.836. The molecular formula is C28H28N2O5. The van der Waals surface area contributed by atoms with Crippen LogP contribution >= 0.6 is 0 Å². The van der Waals surface area contributed by atoms with Crippen molar-refractivity contribution in [2.24, 2.45) is 0 Å². The molecule has 1 fully saturated rings. The van der Waals surface area contributed by atoms with Gasteiger partial charge in [-0.2, -0.15) is 0 Å². The Balaban J connectivity index is 1.80. The Morgan fingerprint density at radius 3 is 2.14 bits per heavy atom. The number of ether oxygens (including phenoxy) is 3. The summed E-state index contributed by atoms with van der Waals surface area (Å²) >= 11 is 0. The maximum absolute atomic E-state index is 14.0. The van der Waals surface area contributed by atoms with Crippen molar-refractivity contribution in [2.45, 2.75) is 13.0 Å². The molecule has 35 heavy (non-hydrogen) atoms. The molecule has 3 aromatic rings. The summed E-state index contributed by atoms with van der Waals surface area (Å²) in [5, 5.41) is 0. The van der Waals surface area contributed by atoms with Crippen LogP contribution in [-0.4, -0.2) is 45.7 Å². The first-order chi connectivity index (χ1) is 17.0. The topological polar surface area (TPSA) is 68.3 Å². The van der Waals surface area contributed by atoms with Gasteiger partial charge in [-0.05, 0) is 54.5 Å². The number of amides is 2. The minimum absolute atomic E-state index is 0.122. The van der Waals surface area contributed by atoms with Gasteiger partial charge in [-0.1, -0.05) is 36.4 Å². The van der Waals surface area contributed by atoms with Crippen LogP contribution in [0.25, 0.3) is 6.08 Å². The highest BCUT2D eigenvalue weighted by Crippen LogP contribution is 2.36. The van der Waals surface area contributed by atoms with Crippen molar-refractivity contribution in [3.63, 3.8) is 0 Å². The summed E-state index contributed by atoms with van der Waals surface area (Å²) in [5.74, 6) is 1.28. The molecule has 1 unspecified atom stereocenters. The zero-order valence-electron chi connectivity index (χ0n) is 20.2. The molecular weight excluding hydrogens is 444 g/mol. The molecule has 180 valence electrons. The lowest BCUT2D eigenvalue weighted by atomic mass is 9.98. The molecule has 2 amide bonds. The van der Waals surface area contributed by atoms with E-state index in [4.69, 9.17) is 14.2 Å². The summed E-state index contributed by atoms with van der Waals surface area (Å²) < 4.78 is 16.1. The second-order valence-electron chi connectivity index (χ2n) is 8.13. The smallest absolute Gasteiger partial charge is 0.255 e. The van der Waals surface area contributed by atoms with Gasteiger partial charge in [0.25, 0.3) is 5.91 Å². The fraction of sp³-hybridized carbons (Fsp3) is 0.214. The van der Waals surface area contributed by atoms with E-state index in [-0.39, 0.29) is 18.4 Å². The van der Waals surface area contributed by atoms with Gasteiger partial charge in [0.05, 0.1) is 27.0 Å². The number of carbonyl (C=O) groups excluding carboxylic acids is 2. The van der Waals surface area contributed by atoms with E-state index in [0.717, 1.165) is 11.1 Å². The van der Waals surface area contributed by atoms with Crippen LogP contribution < -0.4 is 24.0 Å². The van der Waals surface area contributed by atoms with Gasteiger partial charge in [-0.3, -0.25) is 19.4 Å². The van der Waals surface area contributed by atoms with Gasteiger partial charge in [0.15, 0.2) is 0 Å². The molecule has 1 heterocycles. The second kappa shape index (κ2) is 10.3. The number of hydrogen-bond acceptors (Lipinski definition) is 5. The summed E-state index contributed by atoms with van der Waals surface area (Å²) in [6.07, 6.45) is 1.93. The lowest BCUT2D eigenvalue weighted by Gasteiger charge is -2.41. The number of rotatable bonds is 7. The number of nitrogens with zero attached hydrogens (tertiary/aromatic N) is 2. The summed E-state index contributed by atoms with van der Waals surface area (Å²) in [6.45, 7) is 1.75. The molecule has 1 aliphatic heterocycles. The zero-order valence-corrected chi connectivity index (χ0v) is 20.2. The highest BCUT2D eigenvalue weighted by molar-refractivity contribution is 6.16. The second-order valence-corrected chi connectivity index (χ2v) is 8.13. The van der Waals surface area contributed by atoms with E-state index in [1.165, 1.54) is 12.0 Å². The van der Waals surface area contributed by atoms with E-state index in [2.05, 4.69) is 0 Å². The number of anilines is 2. The third kappa shape index (κ3) is 4.84. The molecule has 0 radical (unpaired) electrons. The molecule has 1 aliphatic rings. The van der Waals surface area contributed by atoms with Gasteiger partial charge >= 0.3 is 0 Å². The Morgan fingerprint density at radius 1 is 0.857 bits per heavy atom. The number of piperazine rings is 1. The first-order valence-corrected chi connectivity index (χ1v) is 11.2. The molecule has 0 aromatic heterocycles. The Morgan fingerprint density at radius 2 is 1.51 bits per heavy atom. The maximum atomic E-state index is 14.0. The zero-order chi connectivity index (χ0) is 24.9. The molecule has 7 nitrogen and oxygen atoms in total. The fourth-order valence-corrected chi connectivity index (χ4v) is 4.23. The third-order valence-corrected chi connectivity index (χ3v) is 5.97. The number of hydrogen-bond donors (Lipinski definition) is 0. The van der Waals surface area contributed by atoms with Crippen LogP contribution in [0.1, 0.15) is 12.5 Å². The SMILES string of the molecule is COc1ccc(N2C(=O)CN(c3ccc(OC)cc3OC)C(=O)C2/C(C)=C/c2ccccc2)cc1. The van der Waals surface area contributed by atoms with Crippen LogP contribution in [0.4, 0.5) is 11.4 Å². The maximum Gasteiger partial charge on any atom is 0.255 e. The molecule has 3 aromatic carbocycles. The van der Waals surface area contributed by atoms with Crippen molar-refractivity contribution in [1.82, 2.24) is 0 Å². The number of carbonyl (C=O) groups is 2. The minimum Gasteiger partial charge on any atom is -0.497 e. The van der Waals surface area contributed by atoms with Gasteiger partial charge in [0.1, 0.15) is 29.8 Å². The highest BCUT2D eigenvalue weighted by Gasteiger charge is 2.42. The molecule has 0 bridgehead atoms. The highest BCUT2D eigenvalue weighted by atomic mass is 16.5. The van der Waals surface area contributed by atoms with E-state index in [1.807, 2.05) is 43.3 Å². The van der Waals surface area contributed by atoms with Crippen LogP contribution in [0.3, 0.4) is 0 Å². The molecule has 1 atom stereocenters. The van der Waals surface area contributed by atoms with Gasteiger partial charge in [-0.25, -0.2) is 0 Å². The predicted octanol–water partition coefficient (Wildman–Crippen LogP) is 4.56. The molecule has 0 saturated carbocycles. The van der Waals surface area contributed by atoms with Crippen molar-refractivity contribution in [3.8, 4) is 17.2 Å². The van der Waals surface area contributed by atoms with E-state index in [1.54, 1.807) is 61.6 Å². The van der Waals surface area contributed by atoms with Crippen LogP contribution in [0.2, 0.25) is 0 Å².